The summed E-state index contributed by atoms with van der Waals surface area (Å²) < 4.78 is 29.3. The van der Waals surface area contributed by atoms with Crippen LogP contribution < -0.4 is 10.7 Å². The number of benzene rings is 1. The van der Waals surface area contributed by atoms with Crippen LogP contribution in [0.5, 0.6) is 0 Å². The first-order valence-corrected chi connectivity index (χ1v) is 9.51. The molecule has 0 radical (unpaired) electrons. The maximum absolute atomic E-state index is 12.1. The van der Waals surface area contributed by atoms with E-state index >= 15 is 0 Å². The third-order valence-corrected chi connectivity index (χ3v) is 5.33. The van der Waals surface area contributed by atoms with Crippen LogP contribution in [0.3, 0.4) is 0 Å². The summed E-state index contributed by atoms with van der Waals surface area (Å²) in [5, 5.41) is 6.65. The average molecular weight is 400 g/mol. The van der Waals surface area contributed by atoms with E-state index in [4.69, 9.17) is 21.5 Å². The van der Waals surface area contributed by atoms with Crippen LogP contribution in [0.15, 0.2) is 45.5 Å². The van der Waals surface area contributed by atoms with Crippen LogP contribution in [0.25, 0.3) is 4.96 Å². The molecular weight excluding hydrogens is 390 g/mol. The first kappa shape index (κ1) is 17.5. The molecule has 0 fully saturated rings. The number of sulfonamides is 1. The molecule has 0 spiro atoms. The van der Waals surface area contributed by atoms with Gasteiger partial charge in [0, 0.05) is 17.6 Å². The summed E-state index contributed by atoms with van der Waals surface area (Å²) in [7, 11) is -4.07. The number of nitrogens with zero attached hydrogens (tertiary/aromatic N) is 2. The van der Waals surface area contributed by atoms with Gasteiger partial charge in [-0.05, 0) is 18.2 Å². The Hall–Kier alpha value is -2.27. The number of hydrogen-bond donors (Lipinski definition) is 1. The first-order chi connectivity index (χ1) is 11.8. The zero-order valence-electron chi connectivity index (χ0n) is 12.4. The molecule has 3 rings (SSSR count). The van der Waals surface area contributed by atoms with E-state index in [1.165, 1.54) is 33.9 Å². The summed E-state index contributed by atoms with van der Waals surface area (Å²) in [6.45, 7) is -0.240. The Balaban J connectivity index is 1.81. The number of hydrogen-bond acceptors (Lipinski definition) is 7. The lowest BCUT2D eigenvalue weighted by Gasteiger charge is -2.07. The van der Waals surface area contributed by atoms with Gasteiger partial charge in [0.25, 0.3) is 5.56 Å². The molecule has 0 bridgehead atoms. The molecule has 130 valence electrons. The molecule has 0 amide bonds. The van der Waals surface area contributed by atoms with Crippen molar-refractivity contribution in [3.8, 4) is 0 Å². The quantitative estimate of drug-likeness (QED) is 0.662. The highest BCUT2D eigenvalue weighted by atomic mass is 35.5. The number of ether oxygens (including phenoxy) is 1. The van der Waals surface area contributed by atoms with Crippen molar-refractivity contribution in [1.82, 2.24) is 9.38 Å². The Bertz CT molecular complexity index is 1140. The summed E-state index contributed by atoms with van der Waals surface area (Å²) in [4.78, 5) is 28.3. The summed E-state index contributed by atoms with van der Waals surface area (Å²) in [6.07, 6.45) is 1.59. The van der Waals surface area contributed by atoms with E-state index in [9.17, 15) is 18.0 Å². The van der Waals surface area contributed by atoms with Crippen LogP contribution in [-0.2, 0) is 21.4 Å². The molecule has 0 unspecified atom stereocenters. The minimum absolute atomic E-state index is 0.0395. The molecule has 0 aliphatic rings. The molecule has 0 aliphatic heterocycles. The molecule has 3 aromatic rings. The summed E-state index contributed by atoms with van der Waals surface area (Å²) in [5.41, 5.74) is -0.0518. The van der Waals surface area contributed by atoms with E-state index in [1.54, 1.807) is 11.6 Å². The van der Waals surface area contributed by atoms with Crippen LogP contribution >= 0.6 is 22.9 Å². The highest BCUT2D eigenvalue weighted by molar-refractivity contribution is 7.89. The van der Waals surface area contributed by atoms with Crippen molar-refractivity contribution in [1.29, 1.82) is 0 Å². The monoisotopic (exact) mass is 399 g/mol. The molecule has 8 nitrogen and oxygen atoms in total. The number of halogens is 1. The summed E-state index contributed by atoms with van der Waals surface area (Å²) >= 11 is 7.03. The second-order valence-electron chi connectivity index (χ2n) is 4.91. The van der Waals surface area contributed by atoms with E-state index in [0.29, 0.717) is 4.96 Å². The number of aromatic nitrogens is 2. The predicted octanol–water partition coefficient (Wildman–Crippen LogP) is 1.41. The largest absolute Gasteiger partial charge is 0.456 e. The smallest absolute Gasteiger partial charge is 0.338 e. The summed E-state index contributed by atoms with van der Waals surface area (Å²) in [6, 6.07) is 4.83. The Morgan fingerprint density at radius 1 is 1.36 bits per heavy atom. The lowest BCUT2D eigenvalue weighted by molar-refractivity contribution is 0.0467. The van der Waals surface area contributed by atoms with Gasteiger partial charge in [-0.1, -0.05) is 11.6 Å². The zero-order chi connectivity index (χ0) is 18.2. The standard InChI is InChI=1S/C14H10ClN3O5S2/c15-10-2-1-8(5-11(10)25(16,21)22)13(20)23-7-9-6-12(19)18-3-4-24-14(18)17-9/h1-6H,7H2,(H2,16,21,22). The third-order valence-electron chi connectivity index (χ3n) is 3.18. The van der Waals surface area contributed by atoms with Crippen molar-refractivity contribution in [3.63, 3.8) is 0 Å². The molecule has 2 heterocycles. The van der Waals surface area contributed by atoms with E-state index in [2.05, 4.69) is 4.98 Å². The van der Waals surface area contributed by atoms with E-state index in [0.717, 1.165) is 6.07 Å². The van der Waals surface area contributed by atoms with Gasteiger partial charge in [0.15, 0.2) is 4.96 Å². The lowest BCUT2D eigenvalue weighted by atomic mass is 10.2. The van der Waals surface area contributed by atoms with Crippen LogP contribution in [0.4, 0.5) is 0 Å². The van der Waals surface area contributed by atoms with Gasteiger partial charge < -0.3 is 4.74 Å². The Morgan fingerprint density at radius 2 is 2.12 bits per heavy atom. The van der Waals surface area contributed by atoms with Crippen LogP contribution in [0.1, 0.15) is 16.1 Å². The van der Waals surface area contributed by atoms with Crippen LogP contribution in [0.2, 0.25) is 5.02 Å². The van der Waals surface area contributed by atoms with Crippen molar-refractivity contribution in [2.45, 2.75) is 11.5 Å². The van der Waals surface area contributed by atoms with Gasteiger partial charge in [0.1, 0.15) is 11.5 Å². The van der Waals surface area contributed by atoms with Crippen molar-refractivity contribution in [2.75, 3.05) is 0 Å². The molecule has 0 aliphatic carbocycles. The van der Waals surface area contributed by atoms with Crippen molar-refractivity contribution in [2.24, 2.45) is 5.14 Å². The third kappa shape index (κ3) is 3.71. The van der Waals surface area contributed by atoms with Crippen LogP contribution in [-0.4, -0.2) is 23.8 Å². The molecular formula is C14H10ClN3O5S2. The molecule has 0 saturated carbocycles. The van der Waals surface area contributed by atoms with Crippen molar-refractivity contribution >= 4 is 43.9 Å². The number of primary sulfonamides is 1. The highest BCUT2D eigenvalue weighted by Crippen LogP contribution is 2.22. The maximum atomic E-state index is 12.1. The zero-order valence-corrected chi connectivity index (χ0v) is 14.8. The second kappa shape index (κ2) is 6.56. The van der Waals surface area contributed by atoms with Gasteiger partial charge in [0.05, 0.1) is 16.3 Å². The Labute approximate surface area is 150 Å². The predicted molar refractivity (Wildman–Crippen MR) is 91.3 cm³/mol. The number of fused-ring (bicyclic) bond motifs is 1. The fraction of sp³-hybridized carbons (Fsp3) is 0.0714. The first-order valence-electron chi connectivity index (χ1n) is 6.71. The molecule has 0 atom stereocenters. The number of nitrogens with two attached hydrogens (primary N) is 1. The van der Waals surface area contributed by atoms with E-state index in [-0.39, 0.29) is 33.3 Å². The number of rotatable bonds is 4. The SMILES string of the molecule is NS(=O)(=O)c1cc(C(=O)OCc2cc(=O)n3ccsc3n2)ccc1Cl. The van der Waals surface area contributed by atoms with Gasteiger partial charge in [0.2, 0.25) is 10.0 Å². The molecule has 2 N–H and O–H groups in total. The normalized spacial score (nSPS) is 11.6. The molecule has 11 heteroatoms. The number of thiazole rings is 1. The fourth-order valence-corrected chi connectivity index (χ4v) is 3.84. The second-order valence-corrected chi connectivity index (χ2v) is 7.72. The van der Waals surface area contributed by atoms with Gasteiger partial charge >= 0.3 is 5.97 Å². The van der Waals surface area contributed by atoms with Crippen molar-refractivity contribution in [3.05, 3.63) is 62.5 Å². The summed E-state index contributed by atoms with van der Waals surface area (Å²) in [5.74, 6) is -0.797. The molecule has 0 saturated heterocycles. The van der Waals surface area contributed by atoms with Gasteiger partial charge in [-0.25, -0.2) is 23.3 Å². The van der Waals surface area contributed by atoms with Gasteiger partial charge in [-0.15, -0.1) is 11.3 Å². The number of esters is 1. The van der Waals surface area contributed by atoms with Gasteiger partial charge in [-0.3, -0.25) is 9.20 Å². The fourth-order valence-electron chi connectivity index (χ4n) is 2.03. The molecule has 1 aromatic carbocycles. The topological polar surface area (TPSA) is 121 Å². The number of carbonyl (C=O) groups is 1. The minimum Gasteiger partial charge on any atom is -0.456 e. The Morgan fingerprint density at radius 3 is 2.84 bits per heavy atom. The minimum atomic E-state index is -4.07. The van der Waals surface area contributed by atoms with Crippen molar-refractivity contribution < 1.29 is 17.9 Å². The molecule has 2 aromatic heterocycles. The van der Waals surface area contributed by atoms with E-state index < -0.39 is 16.0 Å². The highest BCUT2D eigenvalue weighted by Gasteiger charge is 2.17. The maximum Gasteiger partial charge on any atom is 0.338 e. The number of carbonyl (C=O) groups excluding carboxylic acids is 1. The lowest BCUT2D eigenvalue weighted by Crippen LogP contribution is -2.16. The van der Waals surface area contributed by atoms with Crippen LogP contribution in [0, 0.1) is 0 Å². The Kier molecular flexibility index (Phi) is 4.60. The molecule has 25 heavy (non-hydrogen) atoms. The average Bonchev–Trinajstić information content (AvgIpc) is 3.01. The van der Waals surface area contributed by atoms with Gasteiger partial charge in [-0.2, -0.15) is 0 Å². The van der Waals surface area contributed by atoms with E-state index in [1.807, 2.05) is 0 Å².